The summed E-state index contributed by atoms with van der Waals surface area (Å²) in [6.45, 7) is 0. The predicted molar refractivity (Wildman–Crippen MR) is 11.1 cm³/mol. The van der Waals surface area contributed by atoms with Crippen LogP contribution in [0.3, 0.4) is 0 Å². The summed E-state index contributed by atoms with van der Waals surface area (Å²) in [7, 11) is 0. The van der Waals surface area contributed by atoms with Crippen molar-refractivity contribution >= 4 is 26.2 Å². The first kappa shape index (κ1) is 24.9. The second kappa shape index (κ2) is 15.8. The molecule has 0 saturated heterocycles. The largest absolute Gasteiger partial charge is 1.00 e. The molecule has 4 heteroatoms. The number of hydrogen-bond donors (Lipinski definition) is 0. The van der Waals surface area contributed by atoms with Crippen LogP contribution in [0.4, 0.5) is 0 Å². The maximum Gasteiger partial charge on any atom is 1.00 e. The van der Waals surface area contributed by atoms with Crippen LogP contribution in [0.1, 0.15) is 1.43 Å². The van der Waals surface area contributed by atoms with E-state index in [-0.39, 0.29) is 122 Å². The zero-order valence-corrected chi connectivity index (χ0v) is 13.9. The Bertz CT molecular complexity index is 11.6. The summed E-state index contributed by atoms with van der Waals surface area (Å²) in [5, 5.41) is 0. The van der Waals surface area contributed by atoms with E-state index in [1.54, 1.807) is 0 Å². The Morgan fingerprint density at radius 2 is 1.25 bits per heavy atom. The van der Waals surface area contributed by atoms with Gasteiger partial charge < -0.3 is 25.4 Å². The quantitative estimate of drug-likeness (QED) is 0.287. The second-order valence-corrected chi connectivity index (χ2v) is 0. The van der Waals surface area contributed by atoms with Crippen LogP contribution in [-0.4, -0.2) is 26.2 Å². The normalized spacial score (nSPS) is 0. The Morgan fingerprint density at radius 3 is 1.25 bits per heavy atom. The van der Waals surface area contributed by atoms with Crippen molar-refractivity contribution in [2.24, 2.45) is 0 Å². The van der Waals surface area contributed by atoms with E-state index in [0.29, 0.717) is 0 Å². The van der Waals surface area contributed by atoms with Crippen molar-refractivity contribution in [2.75, 3.05) is 0 Å². The fourth-order valence-corrected chi connectivity index (χ4v) is 0. The van der Waals surface area contributed by atoms with Crippen molar-refractivity contribution in [1.82, 2.24) is 0 Å². The van der Waals surface area contributed by atoms with E-state index in [9.17, 15) is 0 Å². The molecule has 0 nitrogen and oxygen atoms in total. The molecule has 0 N–H and O–H groups in total. The van der Waals surface area contributed by atoms with E-state index in [0.717, 1.165) is 0 Å². The molecule has 0 aromatic rings. The van der Waals surface area contributed by atoms with Crippen LogP contribution in [0, 0.1) is 0 Å². The molecule has 0 atom stereocenters. The minimum Gasteiger partial charge on any atom is -1.00 e. The van der Waals surface area contributed by atoms with Crippen molar-refractivity contribution in [1.29, 1.82) is 0 Å². The van der Waals surface area contributed by atoms with Crippen LogP contribution >= 0.6 is 0 Å². The van der Waals surface area contributed by atoms with E-state index in [4.69, 9.17) is 0 Å². The average Bonchev–Trinajstić information content (AvgIpc) is 0. The molecule has 0 heterocycles. The molecule has 0 saturated carbocycles. The van der Waals surface area contributed by atoms with Crippen molar-refractivity contribution < 1.29 is 95.6 Å². The van der Waals surface area contributed by atoms with Gasteiger partial charge in [0.25, 0.3) is 0 Å². The molecule has 0 aromatic carbocycles. The van der Waals surface area contributed by atoms with Gasteiger partial charge in [-0.05, 0) is 0 Å². The van der Waals surface area contributed by atoms with E-state index >= 15 is 0 Å². The van der Waals surface area contributed by atoms with E-state index < -0.39 is 0 Å². The molecule has 18 valence electrons. The summed E-state index contributed by atoms with van der Waals surface area (Å²) in [6.07, 6.45) is 0. The maximum absolute atomic E-state index is 0. The Morgan fingerprint density at radius 1 is 1.25 bits per heavy atom. The van der Waals surface area contributed by atoms with Crippen LogP contribution in [0.2, 0.25) is 0 Å². The molecule has 0 spiro atoms. The zero-order valence-electron chi connectivity index (χ0n) is 4.09. The molecular weight excluding hydrogens is 382 g/mol. The molecule has 0 aliphatic heterocycles. The first-order valence-corrected chi connectivity index (χ1v) is 0. The van der Waals surface area contributed by atoms with Gasteiger partial charge in [0.2, 0.25) is 0 Å². The monoisotopic (exact) mass is 386 g/mol. The average molecular weight is 386 g/mol. The van der Waals surface area contributed by atoms with Crippen LogP contribution in [0.5, 0.6) is 0 Å². The molecule has 4 heavy (non-hydrogen) atoms. The van der Waals surface area contributed by atoms with E-state index in [2.05, 4.69) is 0 Å². The molecular formula is H4BiIKLi. The van der Waals surface area contributed by atoms with Gasteiger partial charge in [-0.3, -0.25) is 0 Å². The fourth-order valence-electron chi connectivity index (χ4n) is 0. The van der Waals surface area contributed by atoms with E-state index in [1.807, 2.05) is 0 Å². The Balaban J connectivity index is 0. The molecule has 0 bridgehead atoms. The van der Waals surface area contributed by atoms with Gasteiger partial charge in [0.05, 0.1) is 0 Å². The van der Waals surface area contributed by atoms with Crippen LogP contribution < -0.4 is 94.2 Å². The van der Waals surface area contributed by atoms with Gasteiger partial charge in [0.15, 0.2) is 0 Å². The topological polar surface area (TPSA) is 0 Å². The number of rotatable bonds is 0. The molecule has 0 aliphatic rings. The minimum atomic E-state index is 0. The van der Waals surface area contributed by atoms with Gasteiger partial charge in [-0.15, -0.1) is 0 Å². The van der Waals surface area contributed by atoms with Crippen molar-refractivity contribution in [3.05, 3.63) is 0 Å². The van der Waals surface area contributed by atoms with Crippen molar-refractivity contribution in [3.63, 3.8) is 0 Å². The SMILES string of the molecule is [BiH3].[H-].[I-].[K+].[Li+]. The summed E-state index contributed by atoms with van der Waals surface area (Å²) in [5.41, 5.74) is 0. The van der Waals surface area contributed by atoms with E-state index in [1.165, 1.54) is 0 Å². The Labute approximate surface area is 118 Å². The van der Waals surface area contributed by atoms with Gasteiger partial charge in [-0.1, -0.05) is 0 Å². The molecule has 0 rings (SSSR count). The summed E-state index contributed by atoms with van der Waals surface area (Å²) in [4.78, 5) is 0. The van der Waals surface area contributed by atoms with Crippen LogP contribution in [0.15, 0.2) is 0 Å². The Hall–Kier alpha value is 3.85. The van der Waals surface area contributed by atoms with Gasteiger partial charge >= 0.3 is 96.4 Å². The predicted octanol–water partition coefficient (Wildman–Crippen LogP) is -10.1. The van der Waals surface area contributed by atoms with Crippen LogP contribution in [-0.2, 0) is 0 Å². The molecule has 0 aromatic heterocycles. The molecule has 0 fully saturated rings. The molecule has 0 aliphatic carbocycles. The van der Waals surface area contributed by atoms with Crippen LogP contribution in [0.25, 0.3) is 0 Å². The summed E-state index contributed by atoms with van der Waals surface area (Å²) < 4.78 is 0. The second-order valence-electron chi connectivity index (χ2n) is 0. The third-order valence-electron chi connectivity index (χ3n) is 0. The third kappa shape index (κ3) is 9.28. The Kier molecular flexibility index (Phi) is 98.3. The van der Waals surface area contributed by atoms with Crippen molar-refractivity contribution in [2.45, 2.75) is 0 Å². The van der Waals surface area contributed by atoms with Crippen molar-refractivity contribution in [3.8, 4) is 0 Å². The molecule has 0 radical (unpaired) electrons. The fraction of sp³-hybridized carbons (Fsp3) is 0. The first-order chi connectivity index (χ1) is 0. The minimum absolute atomic E-state index is 0. The maximum atomic E-state index is 0. The summed E-state index contributed by atoms with van der Waals surface area (Å²) >= 11 is 0. The summed E-state index contributed by atoms with van der Waals surface area (Å²) in [5.74, 6) is 0. The zero-order chi connectivity index (χ0) is 0. The van der Waals surface area contributed by atoms with Gasteiger partial charge in [0.1, 0.15) is 0 Å². The number of halogens is 1. The standard InChI is InChI=1S/Bi.HI.K.Li.4H/h;1H;;;;;;/q;;2*+1;;;;-1/p-1. The van der Waals surface area contributed by atoms with Gasteiger partial charge in [-0.25, -0.2) is 0 Å². The molecule has 0 unspecified atom stereocenters. The first-order valence-electron chi connectivity index (χ1n) is 0. The smallest absolute Gasteiger partial charge is 1.00 e. The third-order valence-corrected chi connectivity index (χ3v) is 0. The number of hydrogen-bond acceptors (Lipinski definition) is 0. The van der Waals surface area contributed by atoms with Gasteiger partial charge in [-0.2, -0.15) is 0 Å². The van der Waals surface area contributed by atoms with Gasteiger partial charge in [0, 0.05) is 0 Å². The summed E-state index contributed by atoms with van der Waals surface area (Å²) in [6, 6.07) is 0. The molecule has 0 amide bonds.